The molecule has 0 saturated heterocycles. The smallest absolute Gasteiger partial charge is 0.269 e. The predicted octanol–water partition coefficient (Wildman–Crippen LogP) is 0.833. The number of carbonyl (C=O) groups is 2. The van der Waals surface area contributed by atoms with Crippen LogP contribution in [0.4, 0.5) is 8.78 Å². The Hall–Kier alpha value is -3.73. The van der Waals surface area contributed by atoms with Gasteiger partial charge in [-0.15, -0.1) is 0 Å². The van der Waals surface area contributed by atoms with Crippen LogP contribution in [-0.4, -0.2) is 50.0 Å². The van der Waals surface area contributed by atoms with E-state index in [1.165, 1.54) is 36.7 Å². The van der Waals surface area contributed by atoms with E-state index in [-0.39, 0.29) is 5.56 Å². The number of carbonyl (C=O) groups excluding carboxylic acids is 2. The molecule has 31 heavy (non-hydrogen) atoms. The Morgan fingerprint density at radius 3 is 2.29 bits per heavy atom. The Balaban J connectivity index is 2.13. The molecule has 2 amide bonds. The van der Waals surface area contributed by atoms with E-state index < -0.39 is 36.3 Å². The first kappa shape index (κ1) is 23.5. The van der Waals surface area contributed by atoms with Gasteiger partial charge in [-0.25, -0.2) is 14.3 Å². The molecule has 8 nitrogen and oxygen atoms in total. The predicted molar refractivity (Wildman–Crippen MR) is 106 cm³/mol. The number of benzene rings is 1. The van der Waals surface area contributed by atoms with Gasteiger partial charge in [-0.1, -0.05) is 12.8 Å². The number of nitrogens with one attached hydrogen (secondary N) is 2. The van der Waals surface area contributed by atoms with Crippen LogP contribution < -0.4 is 10.8 Å². The molecule has 2 rings (SSSR count). The van der Waals surface area contributed by atoms with Crippen molar-refractivity contribution in [3.8, 4) is 23.7 Å². The molecule has 0 aliphatic rings. The standard InChI is InChI=1S/C21H20F2N4O4/c1-3-21(30,20(22)23)17(19(29)26-31)25-18(28)16-10-8-14(9-11-16)6-4-5-7-15-12-24-27(2)13-15/h8-13,17,20,30-31H,3H2,1-2H3,(H,25,28)(H,26,29). The lowest BCUT2D eigenvalue weighted by Crippen LogP contribution is -2.62. The lowest BCUT2D eigenvalue weighted by molar-refractivity contribution is -0.154. The van der Waals surface area contributed by atoms with Crippen LogP contribution in [0.15, 0.2) is 36.7 Å². The first-order valence-corrected chi connectivity index (χ1v) is 9.07. The van der Waals surface area contributed by atoms with Crippen molar-refractivity contribution >= 4 is 11.8 Å². The SMILES string of the molecule is CCC(O)(C(F)F)C(NC(=O)c1ccc(C#CC#Cc2cnn(C)c2)cc1)C(=O)NO. The van der Waals surface area contributed by atoms with Gasteiger partial charge in [-0.3, -0.25) is 19.5 Å². The van der Waals surface area contributed by atoms with E-state index in [1.807, 2.05) is 5.32 Å². The fraction of sp³-hybridized carbons (Fsp3) is 0.286. The molecule has 2 unspecified atom stereocenters. The van der Waals surface area contributed by atoms with E-state index in [0.717, 1.165) is 0 Å². The second kappa shape index (κ2) is 10.3. The third-order valence-corrected chi connectivity index (χ3v) is 4.42. The highest BCUT2D eigenvalue weighted by Crippen LogP contribution is 2.24. The number of hydrogen-bond acceptors (Lipinski definition) is 5. The average Bonchev–Trinajstić information content (AvgIpc) is 3.19. The number of alkyl halides is 2. The van der Waals surface area contributed by atoms with Crippen LogP contribution >= 0.6 is 0 Å². The van der Waals surface area contributed by atoms with Crippen LogP contribution in [0.5, 0.6) is 0 Å². The topological polar surface area (TPSA) is 116 Å². The van der Waals surface area contributed by atoms with Crippen LogP contribution in [0.3, 0.4) is 0 Å². The summed E-state index contributed by atoms with van der Waals surface area (Å²) in [5, 5.41) is 25.0. The van der Waals surface area contributed by atoms with E-state index >= 15 is 0 Å². The van der Waals surface area contributed by atoms with Gasteiger partial charge in [0.2, 0.25) is 0 Å². The minimum Gasteiger partial charge on any atom is -0.381 e. The first-order chi connectivity index (χ1) is 14.7. The first-order valence-electron chi connectivity index (χ1n) is 9.07. The van der Waals surface area contributed by atoms with Crippen LogP contribution in [0.1, 0.15) is 34.8 Å². The molecule has 0 bridgehead atoms. The van der Waals surface area contributed by atoms with Crippen molar-refractivity contribution in [3.63, 3.8) is 0 Å². The fourth-order valence-electron chi connectivity index (χ4n) is 2.58. The fourth-order valence-corrected chi connectivity index (χ4v) is 2.58. The third-order valence-electron chi connectivity index (χ3n) is 4.42. The highest BCUT2D eigenvalue weighted by atomic mass is 19.3. The van der Waals surface area contributed by atoms with E-state index in [1.54, 1.807) is 24.1 Å². The Kier molecular flexibility index (Phi) is 7.86. The number of nitrogens with zero attached hydrogens (tertiary/aromatic N) is 2. The Morgan fingerprint density at radius 1 is 1.19 bits per heavy atom. The normalized spacial score (nSPS) is 13.1. The van der Waals surface area contributed by atoms with Gasteiger partial charge < -0.3 is 10.4 Å². The summed E-state index contributed by atoms with van der Waals surface area (Å²) < 4.78 is 28.2. The Morgan fingerprint density at radius 2 is 1.81 bits per heavy atom. The van der Waals surface area contributed by atoms with Gasteiger partial charge in [-0.05, 0) is 48.4 Å². The van der Waals surface area contributed by atoms with Gasteiger partial charge in [0.25, 0.3) is 18.2 Å². The number of hydroxylamine groups is 1. The summed E-state index contributed by atoms with van der Waals surface area (Å²) >= 11 is 0. The number of hydrogen-bond donors (Lipinski definition) is 4. The van der Waals surface area contributed by atoms with Gasteiger partial charge in [-0.2, -0.15) is 5.10 Å². The second-order valence-electron chi connectivity index (χ2n) is 6.51. The lowest BCUT2D eigenvalue weighted by atomic mass is 9.90. The zero-order valence-corrected chi connectivity index (χ0v) is 16.7. The lowest BCUT2D eigenvalue weighted by Gasteiger charge is -2.33. The number of amides is 2. The molecular formula is C21H20F2N4O4. The number of rotatable bonds is 6. The molecule has 0 aliphatic carbocycles. The van der Waals surface area contributed by atoms with Gasteiger partial charge >= 0.3 is 0 Å². The van der Waals surface area contributed by atoms with Crippen molar-refractivity contribution in [1.29, 1.82) is 0 Å². The average molecular weight is 430 g/mol. The van der Waals surface area contributed by atoms with Gasteiger partial charge in [0.05, 0.1) is 11.8 Å². The molecule has 0 fully saturated rings. The van der Waals surface area contributed by atoms with Crippen molar-refractivity contribution in [2.24, 2.45) is 7.05 Å². The molecule has 162 valence electrons. The Labute approximate surface area is 177 Å². The maximum Gasteiger partial charge on any atom is 0.269 e. The van der Waals surface area contributed by atoms with Crippen LogP contribution in [0.25, 0.3) is 0 Å². The van der Waals surface area contributed by atoms with Crippen LogP contribution in [0.2, 0.25) is 0 Å². The van der Waals surface area contributed by atoms with E-state index in [2.05, 4.69) is 28.8 Å². The largest absolute Gasteiger partial charge is 0.381 e. The number of aromatic nitrogens is 2. The molecule has 0 radical (unpaired) electrons. The molecule has 1 aromatic heterocycles. The molecule has 10 heteroatoms. The van der Waals surface area contributed by atoms with E-state index in [0.29, 0.717) is 11.1 Å². The summed E-state index contributed by atoms with van der Waals surface area (Å²) in [6.45, 7) is 1.22. The molecule has 1 heterocycles. The third kappa shape index (κ3) is 5.89. The number of aliphatic hydroxyl groups is 1. The van der Waals surface area contributed by atoms with Crippen LogP contribution in [0, 0.1) is 23.7 Å². The van der Waals surface area contributed by atoms with Crippen molar-refractivity contribution in [3.05, 3.63) is 53.3 Å². The zero-order chi connectivity index (χ0) is 23.0. The van der Waals surface area contributed by atoms with E-state index in [4.69, 9.17) is 5.21 Å². The maximum absolute atomic E-state index is 13.3. The zero-order valence-electron chi connectivity index (χ0n) is 16.7. The van der Waals surface area contributed by atoms with Crippen molar-refractivity contribution in [2.75, 3.05) is 0 Å². The minimum absolute atomic E-state index is 0.0375. The molecule has 0 spiro atoms. The summed E-state index contributed by atoms with van der Waals surface area (Å²) in [6, 6.07) is 3.68. The van der Waals surface area contributed by atoms with E-state index in [9.17, 15) is 23.5 Å². The van der Waals surface area contributed by atoms with Crippen molar-refractivity contribution < 1.29 is 28.7 Å². The number of halogens is 2. The summed E-state index contributed by atoms with van der Waals surface area (Å²) in [5.74, 6) is 8.67. The Bertz CT molecular complexity index is 1060. The molecule has 0 saturated carbocycles. The summed E-state index contributed by atoms with van der Waals surface area (Å²) in [4.78, 5) is 24.2. The van der Waals surface area contributed by atoms with Crippen LogP contribution in [-0.2, 0) is 11.8 Å². The highest BCUT2D eigenvalue weighted by molar-refractivity contribution is 5.97. The molecule has 2 aromatic rings. The summed E-state index contributed by atoms with van der Waals surface area (Å²) in [7, 11) is 1.77. The molecule has 1 aromatic carbocycles. The molecule has 4 N–H and O–H groups in total. The molecule has 0 aliphatic heterocycles. The van der Waals surface area contributed by atoms with Gasteiger partial charge in [0.1, 0.15) is 6.04 Å². The second-order valence-corrected chi connectivity index (χ2v) is 6.51. The van der Waals surface area contributed by atoms with Gasteiger partial charge in [0.15, 0.2) is 5.60 Å². The highest BCUT2D eigenvalue weighted by Gasteiger charge is 2.48. The van der Waals surface area contributed by atoms with Gasteiger partial charge in [0, 0.05) is 24.4 Å². The van der Waals surface area contributed by atoms with Crippen molar-refractivity contribution in [2.45, 2.75) is 31.4 Å². The maximum atomic E-state index is 13.3. The quantitative estimate of drug-likeness (QED) is 0.308. The summed E-state index contributed by atoms with van der Waals surface area (Å²) in [6.07, 6.45) is -0.553. The molecule has 2 atom stereocenters. The summed E-state index contributed by atoms with van der Waals surface area (Å²) in [5.41, 5.74) is -0.388. The minimum atomic E-state index is -3.34. The monoisotopic (exact) mass is 430 g/mol. The van der Waals surface area contributed by atoms with Crippen molar-refractivity contribution in [1.82, 2.24) is 20.6 Å². The number of aryl methyl sites for hydroxylation is 1. The molecular weight excluding hydrogens is 410 g/mol.